The minimum absolute atomic E-state index is 0.153. The van der Waals surface area contributed by atoms with Crippen LogP contribution < -0.4 is 10.4 Å². The first kappa shape index (κ1) is 38.6. The van der Waals surface area contributed by atoms with Crippen LogP contribution in [0.4, 0.5) is 0 Å². The van der Waals surface area contributed by atoms with Crippen LogP contribution in [0.5, 0.6) is 5.75 Å². The van der Waals surface area contributed by atoms with E-state index in [2.05, 4.69) is 45.0 Å². The number of likely N-dealkylation sites (tertiary alicyclic amines) is 1. The van der Waals surface area contributed by atoms with Crippen LogP contribution in [-0.4, -0.2) is 59.7 Å². The Morgan fingerprint density at radius 3 is 2.15 bits per heavy atom. The van der Waals surface area contributed by atoms with Gasteiger partial charge in [0.05, 0.1) is 37.7 Å². The van der Waals surface area contributed by atoms with Gasteiger partial charge in [-0.25, -0.2) is 0 Å². The Hall–Kier alpha value is -4.12. The standard InChI is InChI=1S/C44H51NO6SSi/c1-5-30(25-31-15-12-13-21-38(31)47)22-23-39(48)40-32(26-36-41(37(40)28-46)43(50)45(42(36)49)27-33-16-14-24-52-33)29-51-53(44(2,3)4,34-17-8-6-9-18-34)35-19-10-7-11-20-35/h6-21,24-25,36-37,39,41,46-48H,5,22-23,26-29H2,1-4H3/b30-25+/t36-,37+,39-,41-/m1/s1. The van der Waals surface area contributed by atoms with Crippen molar-refractivity contribution in [3.05, 3.63) is 130 Å². The molecule has 1 aromatic heterocycles. The molecule has 3 aromatic carbocycles. The number of hydrogen-bond acceptors (Lipinski definition) is 7. The van der Waals surface area contributed by atoms with Gasteiger partial charge in [-0.2, -0.15) is 0 Å². The van der Waals surface area contributed by atoms with Crippen LogP contribution in [0.3, 0.4) is 0 Å². The fourth-order valence-electron chi connectivity index (χ4n) is 8.49. The maximum atomic E-state index is 14.1. The predicted octanol–water partition coefficient (Wildman–Crippen LogP) is 7.08. The van der Waals surface area contributed by atoms with E-state index in [9.17, 15) is 24.9 Å². The molecule has 278 valence electrons. The molecule has 3 N–H and O–H groups in total. The monoisotopic (exact) mass is 749 g/mol. The molecule has 2 aliphatic rings. The molecule has 6 rings (SSSR count). The van der Waals surface area contributed by atoms with Gasteiger partial charge in [0.2, 0.25) is 11.8 Å². The highest BCUT2D eigenvalue weighted by molar-refractivity contribution is 7.09. The number of thiophene rings is 1. The number of aliphatic hydroxyl groups excluding tert-OH is 2. The number of hydrogen-bond donors (Lipinski definition) is 3. The van der Waals surface area contributed by atoms with Gasteiger partial charge in [-0.3, -0.25) is 14.5 Å². The molecular formula is C44H51NO6SSi. The number of phenolic OH excluding ortho intramolecular Hbond substituents is 1. The molecule has 7 nitrogen and oxygen atoms in total. The quantitative estimate of drug-likeness (QED) is 0.0724. The summed E-state index contributed by atoms with van der Waals surface area (Å²) in [5.74, 6) is -2.49. The van der Waals surface area contributed by atoms with E-state index in [1.165, 1.54) is 16.2 Å². The zero-order valence-electron chi connectivity index (χ0n) is 31.1. The summed E-state index contributed by atoms with van der Waals surface area (Å²) in [5.41, 5.74) is 3.17. The van der Waals surface area contributed by atoms with Crippen molar-refractivity contribution in [1.29, 1.82) is 0 Å². The molecule has 4 atom stereocenters. The van der Waals surface area contributed by atoms with Gasteiger partial charge >= 0.3 is 0 Å². The van der Waals surface area contributed by atoms with Crippen molar-refractivity contribution in [2.24, 2.45) is 17.8 Å². The summed E-state index contributed by atoms with van der Waals surface area (Å²) >= 11 is 1.50. The maximum Gasteiger partial charge on any atom is 0.261 e. The van der Waals surface area contributed by atoms with Gasteiger partial charge in [0, 0.05) is 16.4 Å². The average Bonchev–Trinajstić information content (AvgIpc) is 3.76. The van der Waals surface area contributed by atoms with E-state index >= 15 is 0 Å². The molecule has 9 heteroatoms. The van der Waals surface area contributed by atoms with Crippen LogP contribution in [0.15, 0.2) is 119 Å². The summed E-state index contributed by atoms with van der Waals surface area (Å²) in [5, 5.41) is 37.5. The number of amides is 2. The van der Waals surface area contributed by atoms with Gasteiger partial charge in [-0.15, -0.1) is 11.3 Å². The van der Waals surface area contributed by atoms with Gasteiger partial charge in [-0.05, 0) is 69.8 Å². The minimum atomic E-state index is -3.01. The lowest BCUT2D eigenvalue weighted by molar-refractivity contribution is -0.140. The van der Waals surface area contributed by atoms with Gasteiger partial charge in [0.1, 0.15) is 5.75 Å². The number of carbonyl (C=O) groups excluding carboxylic acids is 2. The Morgan fingerprint density at radius 1 is 0.943 bits per heavy atom. The number of carbonyl (C=O) groups is 2. The van der Waals surface area contributed by atoms with Crippen LogP contribution >= 0.6 is 11.3 Å². The molecule has 1 aliphatic carbocycles. The zero-order chi connectivity index (χ0) is 37.8. The molecule has 1 fully saturated rings. The Bertz CT molecular complexity index is 1900. The number of aliphatic hydroxyl groups is 2. The summed E-state index contributed by atoms with van der Waals surface area (Å²) in [4.78, 5) is 30.5. The first-order valence-corrected chi connectivity index (χ1v) is 21.4. The van der Waals surface area contributed by atoms with E-state index in [-0.39, 0.29) is 48.8 Å². The fourth-order valence-corrected chi connectivity index (χ4v) is 13.7. The molecular weight excluding hydrogens is 699 g/mol. The number of fused-ring (bicyclic) bond motifs is 1. The number of phenols is 1. The molecule has 0 radical (unpaired) electrons. The SMILES string of the molecule is CC/C(=C\c1ccccc1O)CC[C@@H](O)C1=C(CO[Si](c2ccccc2)(c2ccccc2)C(C)(C)C)C[C@H]2C(=O)N(Cc3cccs3)C(=O)[C@H]2[C@H]1CO. The molecule has 0 unspecified atom stereocenters. The first-order valence-electron chi connectivity index (χ1n) is 18.6. The van der Waals surface area contributed by atoms with Crippen molar-refractivity contribution < 1.29 is 29.3 Å². The van der Waals surface area contributed by atoms with Crippen LogP contribution in [0.25, 0.3) is 6.08 Å². The van der Waals surface area contributed by atoms with Crippen molar-refractivity contribution >= 4 is 47.9 Å². The van der Waals surface area contributed by atoms with Gasteiger partial charge in [-0.1, -0.05) is 124 Å². The lowest BCUT2D eigenvalue weighted by Crippen LogP contribution is -2.66. The van der Waals surface area contributed by atoms with Crippen LogP contribution in [0.2, 0.25) is 5.04 Å². The highest BCUT2D eigenvalue weighted by atomic mass is 32.1. The summed E-state index contributed by atoms with van der Waals surface area (Å²) in [6.07, 6.45) is 2.86. The molecule has 1 saturated heterocycles. The molecule has 4 aromatic rings. The third kappa shape index (κ3) is 7.77. The van der Waals surface area contributed by atoms with E-state index in [0.717, 1.165) is 32.8 Å². The van der Waals surface area contributed by atoms with Crippen molar-refractivity contribution in [1.82, 2.24) is 4.90 Å². The topological polar surface area (TPSA) is 107 Å². The Morgan fingerprint density at radius 2 is 1.58 bits per heavy atom. The van der Waals surface area contributed by atoms with Crippen molar-refractivity contribution in [2.45, 2.75) is 71.1 Å². The third-order valence-corrected chi connectivity index (χ3v) is 16.9. The predicted molar refractivity (Wildman–Crippen MR) is 214 cm³/mol. The highest BCUT2D eigenvalue weighted by Crippen LogP contribution is 2.47. The van der Waals surface area contributed by atoms with Crippen molar-refractivity contribution in [2.75, 3.05) is 13.2 Å². The fraction of sp³-hybridized carbons (Fsp3) is 0.364. The molecule has 2 amide bonds. The smallest absolute Gasteiger partial charge is 0.261 e. The molecule has 0 bridgehead atoms. The maximum absolute atomic E-state index is 14.1. The second kappa shape index (κ2) is 16.5. The Kier molecular flexibility index (Phi) is 12.0. The van der Waals surface area contributed by atoms with Gasteiger partial charge < -0.3 is 19.7 Å². The Labute approximate surface area is 318 Å². The van der Waals surface area contributed by atoms with E-state index in [1.807, 2.05) is 79.0 Å². The largest absolute Gasteiger partial charge is 0.507 e. The number of aromatic hydroxyl groups is 1. The minimum Gasteiger partial charge on any atom is -0.507 e. The van der Waals surface area contributed by atoms with Gasteiger partial charge in [0.25, 0.3) is 8.32 Å². The number of benzene rings is 3. The second-order valence-electron chi connectivity index (χ2n) is 15.2. The number of allylic oxidation sites excluding steroid dienone is 1. The van der Waals surface area contributed by atoms with Gasteiger partial charge in [0.15, 0.2) is 0 Å². The lowest BCUT2D eigenvalue weighted by Gasteiger charge is -2.44. The van der Waals surface area contributed by atoms with Crippen LogP contribution in [0, 0.1) is 17.8 Å². The molecule has 0 saturated carbocycles. The molecule has 53 heavy (non-hydrogen) atoms. The van der Waals surface area contributed by atoms with Crippen LogP contribution in [-0.2, 0) is 20.6 Å². The van der Waals surface area contributed by atoms with E-state index < -0.39 is 32.2 Å². The molecule has 0 spiro atoms. The normalized spacial score (nSPS) is 20.2. The summed E-state index contributed by atoms with van der Waals surface area (Å²) in [6, 6.07) is 31.7. The van der Waals surface area contributed by atoms with Crippen molar-refractivity contribution in [3.8, 4) is 5.75 Å². The third-order valence-electron chi connectivity index (χ3n) is 11.1. The number of imide groups is 1. The zero-order valence-corrected chi connectivity index (χ0v) is 32.9. The number of rotatable bonds is 14. The summed E-state index contributed by atoms with van der Waals surface area (Å²) in [6.45, 7) is 8.65. The van der Waals surface area contributed by atoms with Crippen molar-refractivity contribution in [3.63, 3.8) is 0 Å². The summed E-state index contributed by atoms with van der Waals surface area (Å²) in [7, 11) is -3.01. The Balaban J connectivity index is 1.41. The first-order chi connectivity index (χ1) is 25.5. The van der Waals surface area contributed by atoms with E-state index in [1.54, 1.807) is 12.1 Å². The molecule has 1 aliphatic heterocycles. The second-order valence-corrected chi connectivity index (χ2v) is 20.6. The number of nitrogens with zero attached hydrogens (tertiary/aromatic N) is 1. The number of para-hydroxylation sites is 1. The van der Waals surface area contributed by atoms with E-state index in [0.29, 0.717) is 24.0 Å². The molecule has 2 heterocycles. The summed E-state index contributed by atoms with van der Waals surface area (Å²) < 4.78 is 7.38. The van der Waals surface area contributed by atoms with E-state index in [4.69, 9.17) is 4.43 Å². The lowest BCUT2D eigenvalue weighted by atomic mass is 9.68. The van der Waals surface area contributed by atoms with Crippen LogP contribution in [0.1, 0.15) is 63.8 Å². The highest BCUT2D eigenvalue weighted by Gasteiger charge is 2.56. The average molecular weight is 750 g/mol.